The number of fused-ring (bicyclic) bond motifs is 2. The zero-order valence-corrected chi connectivity index (χ0v) is 16.3. The van der Waals surface area contributed by atoms with Crippen molar-refractivity contribution in [2.45, 2.75) is 37.3 Å². The van der Waals surface area contributed by atoms with Crippen LogP contribution in [0.5, 0.6) is 11.5 Å². The number of rotatable bonds is 3. The van der Waals surface area contributed by atoms with Crippen molar-refractivity contribution in [3.05, 3.63) is 54.1 Å². The second kappa shape index (κ2) is 6.79. The number of carbonyl (C=O) groups excluding carboxylic acids is 2. The molecule has 5 rings (SSSR count). The average molecular weight is 392 g/mol. The van der Waals surface area contributed by atoms with Crippen LogP contribution in [0.2, 0.25) is 0 Å². The lowest BCUT2D eigenvalue weighted by atomic mass is 9.62. The number of benzene rings is 2. The minimum absolute atomic E-state index is 0.0930. The van der Waals surface area contributed by atoms with E-state index in [2.05, 4.69) is 10.6 Å². The molecule has 2 aromatic carbocycles. The Bertz CT molecular complexity index is 958. The Balaban J connectivity index is 1.51. The van der Waals surface area contributed by atoms with Crippen molar-refractivity contribution in [2.75, 3.05) is 12.4 Å². The first-order valence-corrected chi connectivity index (χ1v) is 10.2. The third kappa shape index (κ3) is 2.85. The molecule has 6 nitrogen and oxygen atoms in total. The molecule has 0 spiro atoms. The van der Waals surface area contributed by atoms with E-state index in [0.29, 0.717) is 11.4 Å². The van der Waals surface area contributed by atoms with Gasteiger partial charge >= 0.3 is 0 Å². The number of hydrogen-bond acceptors (Lipinski definition) is 4. The molecule has 1 saturated carbocycles. The van der Waals surface area contributed by atoms with Crippen LogP contribution in [0, 0.1) is 11.8 Å². The van der Waals surface area contributed by atoms with E-state index in [0.717, 1.165) is 37.0 Å². The van der Waals surface area contributed by atoms with E-state index in [1.54, 1.807) is 31.4 Å². The third-order valence-electron chi connectivity index (χ3n) is 6.53. The van der Waals surface area contributed by atoms with Crippen LogP contribution in [-0.4, -0.2) is 24.6 Å². The molecule has 150 valence electrons. The molecule has 29 heavy (non-hydrogen) atoms. The van der Waals surface area contributed by atoms with E-state index in [-0.39, 0.29) is 23.7 Å². The van der Waals surface area contributed by atoms with Gasteiger partial charge in [-0.2, -0.15) is 0 Å². The number of amides is 2. The maximum atomic E-state index is 13.3. The van der Waals surface area contributed by atoms with Crippen molar-refractivity contribution in [2.24, 2.45) is 11.8 Å². The Morgan fingerprint density at radius 2 is 1.97 bits per heavy atom. The average Bonchev–Trinajstić information content (AvgIpc) is 2.73. The van der Waals surface area contributed by atoms with Crippen molar-refractivity contribution in [3.63, 3.8) is 0 Å². The minimum atomic E-state index is -0.793. The fourth-order valence-electron chi connectivity index (χ4n) is 5.25. The Labute approximate surface area is 169 Å². The maximum Gasteiger partial charge on any atom is 0.237 e. The highest BCUT2D eigenvalue weighted by Gasteiger charge is 2.60. The van der Waals surface area contributed by atoms with Gasteiger partial charge in [0.2, 0.25) is 11.8 Å². The fourth-order valence-corrected chi connectivity index (χ4v) is 5.25. The molecular formula is C23H24N2O4. The van der Waals surface area contributed by atoms with E-state index in [4.69, 9.17) is 9.47 Å². The molecule has 2 fully saturated rings. The minimum Gasteiger partial charge on any atom is -0.497 e. The predicted octanol–water partition coefficient (Wildman–Crippen LogP) is 3.44. The van der Waals surface area contributed by atoms with E-state index in [1.807, 2.05) is 24.3 Å². The molecule has 1 aliphatic carbocycles. The number of carbonyl (C=O) groups is 2. The molecular weight excluding hydrogens is 368 g/mol. The van der Waals surface area contributed by atoms with E-state index in [9.17, 15) is 9.59 Å². The fraction of sp³-hybridized carbons (Fsp3) is 0.391. The SMILES string of the molecule is COc1ccc(NC(=O)[C@H]2C(=O)N[C@@]34CCCC[C@H]3[C@H]2c2ccccc2O4)cc1. The standard InChI is InChI=1S/C23H24N2O4/c1-28-15-11-9-14(10-12-15)24-21(26)20-19-16-6-2-3-8-18(16)29-23(25-22(20)27)13-5-4-7-17(19)23/h2-3,6,8-12,17,19-20H,4-5,7,13H2,1H3,(H,24,26)(H,25,27)/t17-,19+,20-,23+/m0/s1. The first-order valence-electron chi connectivity index (χ1n) is 10.2. The summed E-state index contributed by atoms with van der Waals surface area (Å²) >= 11 is 0. The summed E-state index contributed by atoms with van der Waals surface area (Å²) < 4.78 is 11.5. The van der Waals surface area contributed by atoms with Crippen molar-refractivity contribution in [1.82, 2.24) is 5.32 Å². The lowest BCUT2D eigenvalue weighted by Crippen LogP contribution is -2.69. The molecule has 2 aliphatic heterocycles. The van der Waals surface area contributed by atoms with Crippen LogP contribution < -0.4 is 20.1 Å². The third-order valence-corrected chi connectivity index (χ3v) is 6.53. The van der Waals surface area contributed by atoms with Gasteiger partial charge in [0.1, 0.15) is 17.4 Å². The number of piperidine rings is 1. The molecule has 0 aromatic heterocycles. The molecule has 3 aliphatic rings. The van der Waals surface area contributed by atoms with Crippen LogP contribution in [0.1, 0.15) is 37.2 Å². The molecule has 4 atom stereocenters. The van der Waals surface area contributed by atoms with Crippen molar-refractivity contribution in [1.29, 1.82) is 0 Å². The summed E-state index contributed by atoms with van der Waals surface area (Å²) in [5.41, 5.74) is 0.912. The Morgan fingerprint density at radius 1 is 1.17 bits per heavy atom. The van der Waals surface area contributed by atoms with Crippen LogP contribution in [0.4, 0.5) is 5.69 Å². The van der Waals surface area contributed by atoms with Gasteiger partial charge in [-0.05, 0) is 48.7 Å². The molecule has 6 heteroatoms. The Kier molecular flexibility index (Phi) is 4.23. The lowest BCUT2D eigenvalue weighted by molar-refractivity contribution is -0.160. The van der Waals surface area contributed by atoms with Gasteiger partial charge in [0, 0.05) is 23.9 Å². The second-order valence-corrected chi connectivity index (χ2v) is 8.09. The highest BCUT2D eigenvalue weighted by Crippen LogP contribution is 2.55. The monoisotopic (exact) mass is 392 g/mol. The first-order chi connectivity index (χ1) is 14.1. The summed E-state index contributed by atoms with van der Waals surface area (Å²) in [6.07, 6.45) is 3.80. The van der Waals surface area contributed by atoms with Crippen molar-refractivity contribution in [3.8, 4) is 11.5 Å². The largest absolute Gasteiger partial charge is 0.497 e. The van der Waals surface area contributed by atoms with Crippen LogP contribution in [0.3, 0.4) is 0 Å². The molecule has 2 bridgehead atoms. The predicted molar refractivity (Wildman–Crippen MR) is 108 cm³/mol. The molecule has 0 unspecified atom stereocenters. The van der Waals surface area contributed by atoms with E-state index < -0.39 is 11.6 Å². The van der Waals surface area contributed by atoms with Gasteiger partial charge in [0.15, 0.2) is 5.72 Å². The summed E-state index contributed by atoms with van der Waals surface area (Å²) in [7, 11) is 1.60. The summed E-state index contributed by atoms with van der Waals surface area (Å²) in [6.45, 7) is 0. The van der Waals surface area contributed by atoms with Crippen LogP contribution in [0.15, 0.2) is 48.5 Å². The zero-order valence-electron chi connectivity index (χ0n) is 16.3. The number of ether oxygens (including phenoxy) is 2. The number of anilines is 1. The smallest absolute Gasteiger partial charge is 0.237 e. The van der Waals surface area contributed by atoms with E-state index >= 15 is 0 Å². The summed E-state index contributed by atoms with van der Waals surface area (Å²) in [4.78, 5) is 26.4. The van der Waals surface area contributed by atoms with Gasteiger partial charge in [-0.15, -0.1) is 0 Å². The van der Waals surface area contributed by atoms with Gasteiger partial charge in [-0.25, -0.2) is 0 Å². The van der Waals surface area contributed by atoms with Crippen molar-refractivity contribution < 1.29 is 19.1 Å². The molecule has 2 aromatic rings. The molecule has 0 radical (unpaired) electrons. The highest BCUT2D eigenvalue weighted by molar-refractivity contribution is 6.08. The van der Waals surface area contributed by atoms with Gasteiger partial charge < -0.3 is 20.1 Å². The topological polar surface area (TPSA) is 76.7 Å². The normalized spacial score (nSPS) is 29.6. The quantitative estimate of drug-likeness (QED) is 0.785. The molecule has 2 N–H and O–H groups in total. The molecule has 2 amide bonds. The number of methoxy groups -OCH3 is 1. The van der Waals surface area contributed by atoms with Crippen LogP contribution in [-0.2, 0) is 9.59 Å². The lowest BCUT2D eigenvalue weighted by Gasteiger charge is -2.55. The summed E-state index contributed by atoms with van der Waals surface area (Å²) in [5.74, 6) is 0.0601. The van der Waals surface area contributed by atoms with E-state index in [1.165, 1.54) is 0 Å². The van der Waals surface area contributed by atoms with Crippen LogP contribution >= 0.6 is 0 Å². The van der Waals surface area contributed by atoms with Crippen molar-refractivity contribution >= 4 is 17.5 Å². The van der Waals surface area contributed by atoms with Gasteiger partial charge in [-0.3, -0.25) is 9.59 Å². The maximum absolute atomic E-state index is 13.3. The Hall–Kier alpha value is -3.02. The molecule has 2 heterocycles. The van der Waals surface area contributed by atoms with Gasteiger partial charge in [0.05, 0.1) is 7.11 Å². The number of nitrogens with one attached hydrogen (secondary N) is 2. The Morgan fingerprint density at radius 3 is 2.76 bits per heavy atom. The number of para-hydroxylation sites is 1. The van der Waals surface area contributed by atoms with Gasteiger partial charge in [-0.1, -0.05) is 24.6 Å². The zero-order chi connectivity index (χ0) is 20.0. The summed E-state index contributed by atoms with van der Waals surface area (Å²) in [5, 5.41) is 6.02. The second-order valence-electron chi connectivity index (χ2n) is 8.09. The number of hydrogen-bond donors (Lipinski definition) is 2. The highest BCUT2D eigenvalue weighted by atomic mass is 16.5. The van der Waals surface area contributed by atoms with Crippen LogP contribution in [0.25, 0.3) is 0 Å². The molecule has 1 saturated heterocycles. The summed E-state index contributed by atoms with van der Waals surface area (Å²) in [6, 6.07) is 14.9. The van der Waals surface area contributed by atoms with Gasteiger partial charge in [0.25, 0.3) is 0 Å². The first kappa shape index (κ1) is 18.0.